The number of nitrogens with zero attached hydrogens (tertiary/aromatic N) is 1. The zero-order valence-electron chi connectivity index (χ0n) is 12.3. The minimum atomic E-state index is -3.51. The summed E-state index contributed by atoms with van der Waals surface area (Å²) in [6, 6.07) is 1.99. The Hall–Kier alpha value is -1.22. The van der Waals surface area contributed by atoms with E-state index >= 15 is 0 Å². The van der Waals surface area contributed by atoms with Gasteiger partial charge in [-0.2, -0.15) is 0 Å². The van der Waals surface area contributed by atoms with Crippen LogP contribution in [0.25, 0.3) is 0 Å². The van der Waals surface area contributed by atoms with E-state index in [9.17, 15) is 8.42 Å². The van der Waals surface area contributed by atoms with Crippen LogP contribution in [0.1, 0.15) is 30.2 Å². The summed E-state index contributed by atoms with van der Waals surface area (Å²) in [5, 5.41) is 6.01. The molecular formula is C13H20N4O2S2. The highest BCUT2D eigenvalue weighted by molar-refractivity contribution is 7.89. The first-order chi connectivity index (χ1) is 9.87. The molecule has 21 heavy (non-hydrogen) atoms. The number of thiazole rings is 1. The number of aromatic nitrogens is 2. The number of rotatable bonds is 7. The van der Waals surface area contributed by atoms with E-state index in [1.54, 1.807) is 6.07 Å². The van der Waals surface area contributed by atoms with E-state index in [-0.39, 0.29) is 11.4 Å². The Bertz CT molecular complexity index is 689. The number of sulfonamides is 1. The Morgan fingerprint density at radius 1 is 1.38 bits per heavy atom. The number of H-pyrrole nitrogens is 1. The van der Waals surface area contributed by atoms with Gasteiger partial charge in [-0.3, -0.25) is 0 Å². The highest BCUT2D eigenvalue weighted by atomic mass is 32.2. The Labute approximate surface area is 129 Å². The highest BCUT2D eigenvalue weighted by Crippen LogP contribution is 2.13. The van der Waals surface area contributed by atoms with Crippen molar-refractivity contribution in [3.63, 3.8) is 0 Å². The van der Waals surface area contributed by atoms with Crippen LogP contribution < -0.4 is 10.0 Å². The average molecular weight is 328 g/mol. The molecule has 0 aliphatic rings. The Morgan fingerprint density at radius 3 is 2.76 bits per heavy atom. The fourth-order valence-corrected chi connectivity index (χ4v) is 3.36. The molecular weight excluding hydrogens is 308 g/mol. The van der Waals surface area contributed by atoms with Crippen molar-refractivity contribution in [1.29, 1.82) is 0 Å². The molecule has 2 heterocycles. The van der Waals surface area contributed by atoms with Crippen molar-refractivity contribution in [3.05, 3.63) is 34.0 Å². The summed E-state index contributed by atoms with van der Waals surface area (Å²) >= 11 is 1.50. The smallest absolute Gasteiger partial charge is 0.242 e. The highest BCUT2D eigenvalue weighted by Gasteiger charge is 2.16. The van der Waals surface area contributed by atoms with Gasteiger partial charge < -0.3 is 10.3 Å². The lowest BCUT2D eigenvalue weighted by molar-refractivity contribution is 0.579. The van der Waals surface area contributed by atoms with Crippen molar-refractivity contribution < 1.29 is 8.42 Å². The van der Waals surface area contributed by atoms with Crippen LogP contribution in [0.3, 0.4) is 0 Å². The van der Waals surface area contributed by atoms with Crippen molar-refractivity contribution >= 4 is 21.4 Å². The van der Waals surface area contributed by atoms with Crippen LogP contribution in [0.15, 0.2) is 22.5 Å². The molecule has 0 amide bonds. The molecule has 6 nitrogen and oxygen atoms in total. The lowest BCUT2D eigenvalue weighted by atomic mass is 10.3. The second kappa shape index (κ2) is 6.69. The maximum atomic E-state index is 12.2. The number of aromatic amines is 1. The summed E-state index contributed by atoms with van der Waals surface area (Å²) in [6.07, 6.45) is 1.51. The monoisotopic (exact) mass is 328 g/mol. The molecule has 0 saturated heterocycles. The molecule has 0 unspecified atom stereocenters. The van der Waals surface area contributed by atoms with Crippen LogP contribution in [0, 0.1) is 6.92 Å². The first kappa shape index (κ1) is 16.2. The molecule has 0 spiro atoms. The van der Waals surface area contributed by atoms with Gasteiger partial charge in [0.1, 0.15) is 0 Å². The lowest BCUT2D eigenvalue weighted by Crippen LogP contribution is -2.23. The Kier molecular flexibility index (Phi) is 5.15. The summed E-state index contributed by atoms with van der Waals surface area (Å²) in [5.41, 5.74) is 1.58. The molecule has 0 bridgehead atoms. The number of nitrogens with one attached hydrogen (secondary N) is 3. The standard InChI is InChI=1S/C13H20N4O2S2/c1-9(2)14-5-11-4-13(7-15-11)21(18,19)16-6-12-8-20-10(3)17-12/h4,7-9,14-16H,5-6H2,1-3H3. The molecule has 8 heteroatoms. The maximum Gasteiger partial charge on any atom is 0.242 e. The molecule has 3 N–H and O–H groups in total. The van der Waals surface area contributed by atoms with Gasteiger partial charge >= 0.3 is 0 Å². The van der Waals surface area contributed by atoms with Crippen LogP contribution in [0.4, 0.5) is 0 Å². The predicted octanol–water partition coefficient (Wildman–Crippen LogP) is 1.76. The fraction of sp³-hybridized carbons (Fsp3) is 0.462. The number of aryl methyl sites for hydroxylation is 1. The largest absolute Gasteiger partial charge is 0.363 e. The molecule has 0 saturated carbocycles. The van der Waals surface area contributed by atoms with E-state index in [0.29, 0.717) is 12.6 Å². The molecule has 0 fully saturated rings. The molecule has 0 atom stereocenters. The summed E-state index contributed by atoms with van der Waals surface area (Å²) in [5.74, 6) is 0. The normalized spacial score (nSPS) is 12.2. The van der Waals surface area contributed by atoms with Gasteiger partial charge in [0.05, 0.1) is 22.1 Å². The van der Waals surface area contributed by atoms with Gasteiger partial charge in [0.2, 0.25) is 10.0 Å². The average Bonchev–Trinajstić information content (AvgIpc) is 3.03. The zero-order chi connectivity index (χ0) is 15.5. The van der Waals surface area contributed by atoms with Crippen molar-refractivity contribution in [1.82, 2.24) is 20.0 Å². The van der Waals surface area contributed by atoms with Gasteiger partial charge in [-0.25, -0.2) is 18.1 Å². The van der Waals surface area contributed by atoms with E-state index < -0.39 is 10.0 Å². The topological polar surface area (TPSA) is 86.9 Å². The van der Waals surface area contributed by atoms with Crippen LogP contribution >= 0.6 is 11.3 Å². The van der Waals surface area contributed by atoms with Crippen molar-refractivity contribution in [3.8, 4) is 0 Å². The third kappa shape index (κ3) is 4.63. The third-order valence-electron chi connectivity index (χ3n) is 2.84. The molecule has 2 aromatic rings. The summed E-state index contributed by atoms with van der Waals surface area (Å²) < 4.78 is 26.9. The van der Waals surface area contributed by atoms with Crippen LogP contribution in [0.5, 0.6) is 0 Å². The van der Waals surface area contributed by atoms with Gasteiger partial charge in [-0.1, -0.05) is 13.8 Å². The second-order valence-corrected chi connectivity index (χ2v) is 7.91. The van der Waals surface area contributed by atoms with Crippen molar-refractivity contribution in [2.24, 2.45) is 0 Å². The second-order valence-electron chi connectivity index (χ2n) is 5.08. The fourth-order valence-electron chi connectivity index (χ4n) is 1.73. The zero-order valence-corrected chi connectivity index (χ0v) is 13.9. The molecule has 0 aromatic carbocycles. The SMILES string of the molecule is Cc1nc(CNS(=O)(=O)c2c[nH]c(CNC(C)C)c2)cs1. The summed E-state index contributed by atoms with van der Waals surface area (Å²) in [6.45, 7) is 6.79. The van der Waals surface area contributed by atoms with Gasteiger partial charge in [0, 0.05) is 29.9 Å². The Balaban J connectivity index is 1.99. The minimum absolute atomic E-state index is 0.206. The number of hydrogen-bond acceptors (Lipinski definition) is 5. The molecule has 0 radical (unpaired) electrons. The summed E-state index contributed by atoms with van der Waals surface area (Å²) in [7, 11) is -3.51. The van der Waals surface area contributed by atoms with Gasteiger partial charge in [-0.05, 0) is 13.0 Å². The molecule has 0 aliphatic heterocycles. The first-order valence-corrected chi connectivity index (χ1v) is 9.04. The quantitative estimate of drug-likeness (QED) is 0.723. The Morgan fingerprint density at radius 2 is 2.14 bits per heavy atom. The first-order valence-electron chi connectivity index (χ1n) is 6.68. The van der Waals surface area contributed by atoms with E-state index in [2.05, 4.69) is 20.0 Å². The predicted molar refractivity (Wildman–Crippen MR) is 83.6 cm³/mol. The van der Waals surface area contributed by atoms with Crippen LogP contribution in [-0.4, -0.2) is 24.4 Å². The molecule has 2 aromatic heterocycles. The van der Waals surface area contributed by atoms with Crippen molar-refractivity contribution in [2.45, 2.75) is 44.8 Å². The van der Waals surface area contributed by atoms with Gasteiger partial charge in [-0.15, -0.1) is 11.3 Å². The van der Waals surface area contributed by atoms with Gasteiger partial charge in [0.15, 0.2) is 0 Å². The van der Waals surface area contributed by atoms with Gasteiger partial charge in [0.25, 0.3) is 0 Å². The molecule has 0 aliphatic carbocycles. The minimum Gasteiger partial charge on any atom is -0.363 e. The molecule has 116 valence electrons. The lowest BCUT2D eigenvalue weighted by Gasteiger charge is -2.05. The van der Waals surface area contributed by atoms with Crippen LogP contribution in [-0.2, 0) is 23.1 Å². The molecule has 2 rings (SSSR count). The maximum absolute atomic E-state index is 12.2. The van der Waals surface area contributed by atoms with E-state index in [1.165, 1.54) is 17.5 Å². The van der Waals surface area contributed by atoms with E-state index in [0.717, 1.165) is 16.4 Å². The van der Waals surface area contributed by atoms with E-state index in [4.69, 9.17) is 0 Å². The van der Waals surface area contributed by atoms with Crippen molar-refractivity contribution in [2.75, 3.05) is 0 Å². The summed E-state index contributed by atoms with van der Waals surface area (Å²) in [4.78, 5) is 7.45. The van der Waals surface area contributed by atoms with E-state index in [1.807, 2.05) is 26.2 Å². The third-order valence-corrected chi connectivity index (χ3v) is 5.04. The van der Waals surface area contributed by atoms with Crippen LogP contribution in [0.2, 0.25) is 0 Å². The number of hydrogen-bond donors (Lipinski definition) is 3.